The number of piperidine rings is 1. The molecule has 132 valence electrons. The molecule has 1 unspecified atom stereocenters. The number of carbonyl (C=O) groups excluding carboxylic acids is 1. The molecule has 0 aliphatic carbocycles. The molecule has 24 heavy (non-hydrogen) atoms. The molecule has 2 heterocycles. The van der Waals surface area contributed by atoms with Crippen LogP contribution >= 0.6 is 11.6 Å². The van der Waals surface area contributed by atoms with E-state index in [9.17, 15) is 13.2 Å². The molecule has 2 saturated heterocycles. The zero-order valence-electron chi connectivity index (χ0n) is 13.4. The third-order valence-electron chi connectivity index (χ3n) is 4.55. The summed E-state index contributed by atoms with van der Waals surface area (Å²) in [6.45, 7) is 1.96. The molecule has 1 aromatic rings. The van der Waals surface area contributed by atoms with E-state index in [-0.39, 0.29) is 18.4 Å². The zero-order chi connectivity index (χ0) is 17.2. The van der Waals surface area contributed by atoms with Crippen LogP contribution in [-0.2, 0) is 15.0 Å². The summed E-state index contributed by atoms with van der Waals surface area (Å²) < 4.78 is 28.8. The molecule has 0 radical (unpaired) electrons. The Morgan fingerprint density at radius 2 is 1.79 bits per heavy atom. The van der Waals surface area contributed by atoms with Gasteiger partial charge in [0, 0.05) is 43.3 Å². The lowest BCUT2D eigenvalue weighted by atomic mass is 10.1. The first-order valence-corrected chi connectivity index (χ1v) is 10.1. The molecule has 2 aliphatic rings. The average molecular weight is 372 g/mol. The quantitative estimate of drug-likeness (QED) is 0.860. The lowest BCUT2D eigenvalue weighted by Crippen LogP contribution is -2.45. The molecular formula is C16H22ClN3O3S. The van der Waals surface area contributed by atoms with Crippen LogP contribution in [0.4, 0.5) is 5.69 Å². The largest absolute Gasteiger partial charge is 0.312 e. The Balaban J connectivity index is 1.57. The van der Waals surface area contributed by atoms with Gasteiger partial charge in [0.1, 0.15) is 0 Å². The molecule has 0 aromatic heterocycles. The summed E-state index contributed by atoms with van der Waals surface area (Å²) in [4.78, 5) is 13.9. The minimum absolute atomic E-state index is 0.0134. The lowest BCUT2D eigenvalue weighted by molar-refractivity contribution is -0.117. The number of hydrogen-bond donors (Lipinski definition) is 1. The minimum Gasteiger partial charge on any atom is -0.312 e. The van der Waals surface area contributed by atoms with Crippen LogP contribution in [0.3, 0.4) is 0 Å². The Bertz CT molecular complexity index is 687. The molecule has 0 bridgehead atoms. The predicted molar refractivity (Wildman–Crippen MR) is 94.3 cm³/mol. The highest BCUT2D eigenvalue weighted by Gasteiger charge is 2.32. The van der Waals surface area contributed by atoms with Crippen molar-refractivity contribution < 1.29 is 13.2 Å². The Morgan fingerprint density at radius 3 is 2.46 bits per heavy atom. The second-order valence-corrected chi connectivity index (χ2v) is 8.56. The van der Waals surface area contributed by atoms with E-state index >= 15 is 0 Å². The first kappa shape index (κ1) is 17.7. The molecule has 0 spiro atoms. The first-order chi connectivity index (χ1) is 11.5. The van der Waals surface area contributed by atoms with Gasteiger partial charge in [-0.15, -0.1) is 0 Å². The molecule has 0 saturated carbocycles. The molecule has 1 amide bonds. The van der Waals surface area contributed by atoms with Crippen molar-refractivity contribution in [2.45, 2.75) is 25.7 Å². The summed E-state index contributed by atoms with van der Waals surface area (Å²) in [5.74, 6) is -0.00719. The maximum atomic E-state index is 12.3. The van der Waals surface area contributed by atoms with Gasteiger partial charge in [0.05, 0.1) is 0 Å². The van der Waals surface area contributed by atoms with Gasteiger partial charge in [0.15, 0.2) is 0 Å². The van der Waals surface area contributed by atoms with Crippen molar-refractivity contribution in [3.8, 4) is 0 Å². The van der Waals surface area contributed by atoms with E-state index in [1.54, 1.807) is 29.2 Å². The van der Waals surface area contributed by atoms with Gasteiger partial charge in [0.25, 0.3) is 10.2 Å². The van der Waals surface area contributed by atoms with Gasteiger partial charge in [-0.05, 0) is 43.0 Å². The van der Waals surface area contributed by atoms with Gasteiger partial charge < -0.3 is 4.90 Å². The van der Waals surface area contributed by atoms with Gasteiger partial charge in [-0.3, -0.25) is 4.79 Å². The normalized spacial score (nSPS) is 23.0. The number of halogens is 1. The van der Waals surface area contributed by atoms with Gasteiger partial charge in [-0.2, -0.15) is 12.7 Å². The second kappa shape index (κ2) is 7.39. The van der Waals surface area contributed by atoms with Crippen molar-refractivity contribution in [2.24, 2.45) is 5.92 Å². The number of amides is 1. The topological polar surface area (TPSA) is 69.7 Å². The van der Waals surface area contributed by atoms with Crippen molar-refractivity contribution in [2.75, 3.05) is 31.1 Å². The number of carbonyl (C=O) groups is 1. The fraction of sp³-hybridized carbons (Fsp3) is 0.562. The maximum Gasteiger partial charge on any atom is 0.279 e. The minimum atomic E-state index is -3.44. The van der Waals surface area contributed by atoms with E-state index in [2.05, 4.69) is 4.72 Å². The van der Waals surface area contributed by atoms with E-state index in [1.807, 2.05) is 0 Å². The zero-order valence-corrected chi connectivity index (χ0v) is 15.0. The van der Waals surface area contributed by atoms with Crippen LogP contribution in [-0.4, -0.2) is 44.8 Å². The van der Waals surface area contributed by atoms with Crippen LogP contribution in [0.5, 0.6) is 0 Å². The van der Waals surface area contributed by atoms with Gasteiger partial charge >= 0.3 is 0 Å². The number of nitrogens with one attached hydrogen (secondary N) is 1. The van der Waals surface area contributed by atoms with E-state index < -0.39 is 10.2 Å². The summed E-state index contributed by atoms with van der Waals surface area (Å²) in [5.41, 5.74) is 0.797. The molecule has 1 atom stereocenters. The second-order valence-electron chi connectivity index (χ2n) is 6.36. The third kappa shape index (κ3) is 4.08. The number of hydrogen-bond acceptors (Lipinski definition) is 3. The summed E-state index contributed by atoms with van der Waals surface area (Å²) in [5, 5.41) is 0.622. The highest BCUT2D eigenvalue weighted by Crippen LogP contribution is 2.26. The lowest BCUT2D eigenvalue weighted by Gasteiger charge is -2.26. The SMILES string of the molecule is O=C1CC(CNS(=O)(=O)N2CCCCC2)CN1c1ccc(Cl)cc1. The fourth-order valence-electron chi connectivity index (χ4n) is 3.21. The smallest absolute Gasteiger partial charge is 0.279 e. The van der Waals surface area contributed by atoms with Crippen LogP contribution in [0.1, 0.15) is 25.7 Å². The molecule has 2 aliphatic heterocycles. The van der Waals surface area contributed by atoms with Crippen LogP contribution in [0.15, 0.2) is 24.3 Å². The van der Waals surface area contributed by atoms with Crippen molar-refractivity contribution >= 4 is 33.4 Å². The van der Waals surface area contributed by atoms with E-state index in [0.717, 1.165) is 24.9 Å². The Labute approximate surface area is 147 Å². The molecule has 3 rings (SSSR count). The third-order valence-corrected chi connectivity index (χ3v) is 6.38. The number of anilines is 1. The van der Waals surface area contributed by atoms with Crippen molar-refractivity contribution in [1.82, 2.24) is 9.03 Å². The van der Waals surface area contributed by atoms with Crippen LogP contribution in [0.2, 0.25) is 5.02 Å². The van der Waals surface area contributed by atoms with Crippen LogP contribution < -0.4 is 9.62 Å². The van der Waals surface area contributed by atoms with Gasteiger partial charge in [-0.1, -0.05) is 18.0 Å². The van der Waals surface area contributed by atoms with E-state index in [1.165, 1.54) is 4.31 Å². The monoisotopic (exact) mass is 371 g/mol. The molecule has 1 aromatic carbocycles. The molecular weight excluding hydrogens is 350 g/mol. The van der Waals surface area contributed by atoms with Crippen LogP contribution in [0.25, 0.3) is 0 Å². The van der Waals surface area contributed by atoms with E-state index in [0.29, 0.717) is 31.1 Å². The number of nitrogens with zero attached hydrogens (tertiary/aromatic N) is 2. The predicted octanol–water partition coefficient (Wildman–Crippen LogP) is 2.01. The average Bonchev–Trinajstić information content (AvgIpc) is 2.96. The molecule has 8 heteroatoms. The fourth-order valence-corrected chi connectivity index (χ4v) is 4.70. The van der Waals surface area contributed by atoms with E-state index in [4.69, 9.17) is 11.6 Å². The summed E-state index contributed by atoms with van der Waals surface area (Å²) in [6.07, 6.45) is 3.25. The number of rotatable bonds is 5. The van der Waals surface area contributed by atoms with Crippen molar-refractivity contribution in [3.63, 3.8) is 0 Å². The summed E-state index contributed by atoms with van der Waals surface area (Å²) in [6, 6.07) is 7.11. The first-order valence-electron chi connectivity index (χ1n) is 8.26. The molecule has 1 N–H and O–H groups in total. The summed E-state index contributed by atoms with van der Waals surface area (Å²) in [7, 11) is -3.44. The van der Waals surface area contributed by atoms with Gasteiger partial charge in [0.2, 0.25) is 5.91 Å². The molecule has 6 nitrogen and oxygen atoms in total. The Morgan fingerprint density at radius 1 is 1.12 bits per heavy atom. The molecule has 2 fully saturated rings. The Kier molecular flexibility index (Phi) is 5.44. The van der Waals surface area contributed by atoms with Crippen molar-refractivity contribution in [1.29, 1.82) is 0 Å². The van der Waals surface area contributed by atoms with Crippen LogP contribution in [0, 0.1) is 5.92 Å². The van der Waals surface area contributed by atoms with Gasteiger partial charge in [-0.25, -0.2) is 4.72 Å². The Hall–Kier alpha value is -1.15. The highest BCUT2D eigenvalue weighted by molar-refractivity contribution is 7.87. The summed E-state index contributed by atoms with van der Waals surface area (Å²) >= 11 is 5.87. The highest BCUT2D eigenvalue weighted by atomic mass is 35.5. The standard InChI is InChI=1S/C16H22ClN3O3S/c17-14-4-6-15(7-5-14)20-12-13(10-16(20)21)11-18-24(22,23)19-8-2-1-3-9-19/h4-7,13,18H,1-3,8-12H2. The van der Waals surface area contributed by atoms with Crippen molar-refractivity contribution in [3.05, 3.63) is 29.3 Å². The number of benzene rings is 1. The maximum absolute atomic E-state index is 12.3.